The van der Waals surface area contributed by atoms with Gasteiger partial charge in [-0.05, 0) is 53.2 Å². The lowest BCUT2D eigenvalue weighted by Gasteiger charge is -2.14. The second kappa shape index (κ2) is 5.84. The van der Waals surface area contributed by atoms with Gasteiger partial charge in [0.2, 0.25) is 0 Å². The Hall–Kier alpha value is -0.910. The number of thiazole rings is 1. The summed E-state index contributed by atoms with van der Waals surface area (Å²) in [4.78, 5) is 4.69. The topological polar surface area (TPSA) is 24.9 Å². The number of hydrogen-bond acceptors (Lipinski definition) is 3. The summed E-state index contributed by atoms with van der Waals surface area (Å²) < 4.78 is 3.33. The van der Waals surface area contributed by atoms with Gasteiger partial charge in [0.25, 0.3) is 0 Å². The van der Waals surface area contributed by atoms with Gasteiger partial charge in [-0.2, -0.15) is 0 Å². The molecule has 0 aliphatic carbocycles. The van der Waals surface area contributed by atoms with Gasteiger partial charge in [0, 0.05) is 8.95 Å². The maximum absolute atomic E-state index is 4.69. The largest absolute Gasteiger partial charge is 0.375 e. The second-order valence-corrected chi connectivity index (χ2v) is 7.34. The molecule has 0 bridgehead atoms. The van der Waals surface area contributed by atoms with Crippen molar-refractivity contribution in [3.63, 3.8) is 0 Å². The van der Waals surface area contributed by atoms with E-state index in [-0.39, 0.29) is 6.04 Å². The van der Waals surface area contributed by atoms with Crippen LogP contribution in [0, 0.1) is 0 Å². The van der Waals surface area contributed by atoms with E-state index in [9.17, 15) is 0 Å². The number of benzene rings is 2. The Morgan fingerprint density at radius 1 is 1.15 bits per heavy atom. The summed E-state index contributed by atoms with van der Waals surface area (Å²) in [7, 11) is 0. The minimum Gasteiger partial charge on any atom is -0.375 e. The maximum atomic E-state index is 4.69. The van der Waals surface area contributed by atoms with E-state index in [1.807, 2.05) is 24.3 Å². The Morgan fingerprint density at radius 2 is 1.95 bits per heavy atom. The minimum atomic E-state index is 0.165. The molecule has 1 unspecified atom stereocenters. The molecule has 0 radical (unpaired) electrons. The predicted octanol–water partition coefficient (Wildman–Crippen LogP) is 5.99. The van der Waals surface area contributed by atoms with Crippen LogP contribution >= 0.6 is 43.2 Å². The molecule has 0 aliphatic heterocycles. The van der Waals surface area contributed by atoms with Crippen molar-refractivity contribution < 1.29 is 0 Å². The fourth-order valence-electron chi connectivity index (χ4n) is 1.98. The summed E-state index contributed by atoms with van der Waals surface area (Å²) in [5.41, 5.74) is 2.13. The van der Waals surface area contributed by atoms with Gasteiger partial charge in [-0.3, -0.25) is 0 Å². The summed E-state index contributed by atoms with van der Waals surface area (Å²) in [5.74, 6) is 0. The molecule has 2 nitrogen and oxygen atoms in total. The van der Waals surface area contributed by atoms with Gasteiger partial charge in [-0.15, -0.1) is 11.3 Å². The molecule has 0 saturated carbocycles. The van der Waals surface area contributed by atoms with Crippen molar-refractivity contribution in [2.24, 2.45) is 0 Å². The molecule has 0 saturated heterocycles. The molecule has 20 heavy (non-hydrogen) atoms. The van der Waals surface area contributed by atoms with Gasteiger partial charge < -0.3 is 5.32 Å². The fourth-order valence-corrected chi connectivity index (χ4v) is 3.67. The summed E-state index contributed by atoms with van der Waals surface area (Å²) in [6.45, 7) is 2.13. The Bertz CT molecular complexity index is 721. The third-order valence-corrected chi connectivity index (χ3v) is 5.39. The van der Waals surface area contributed by atoms with Crippen molar-refractivity contribution >= 4 is 59.1 Å². The van der Waals surface area contributed by atoms with Crippen LogP contribution in [0.2, 0.25) is 0 Å². The Labute approximate surface area is 138 Å². The van der Waals surface area contributed by atoms with Crippen molar-refractivity contribution in [1.29, 1.82) is 0 Å². The average molecular weight is 412 g/mol. The highest BCUT2D eigenvalue weighted by Gasteiger charge is 2.12. The van der Waals surface area contributed by atoms with Gasteiger partial charge in [-0.25, -0.2) is 4.98 Å². The van der Waals surface area contributed by atoms with E-state index in [1.54, 1.807) is 11.3 Å². The molecule has 0 spiro atoms. The first kappa shape index (κ1) is 14.0. The average Bonchev–Trinajstić information content (AvgIpc) is 2.87. The summed E-state index contributed by atoms with van der Waals surface area (Å²) in [6.07, 6.45) is 0. The highest BCUT2D eigenvalue weighted by molar-refractivity contribution is 9.11. The van der Waals surface area contributed by atoms with Crippen LogP contribution in [0.4, 0.5) is 5.69 Å². The zero-order chi connectivity index (χ0) is 14.1. The first-order chi connectivity index (χ1) is 9.63. The van der Waals surface area contributed by atoms with Crippen LogP contribution in [-0.2, 0) is 0 Å². The van der Waals surface area contributed by atoms with Crippen molar-refractivity contribution in [1.82, 2.24) is 4.98 Å². The lowest BCUT2D eigenvalue weighted by Crippen LogP contribution is -2.06. The van der Waals surface area contributed by atoms with Crippen molar-refractivity contribution in [3.8, 4) is 0 Å². The second-order valence-electron chi connectivity index (χ2n) is 4.51. The van der Waals surface area contributed by atoms with E-state index in [4.69, 9.17) is 0 Å². The van der Waals surface area contributed by atoms with Gasteiger partial charge in [0.15, 0.2) is 0 Å². The molecule has 0 aliphatic rings. The fraction of sp³-hybridized carbons (Fsp3) is 0.133. The first-order valence-electron chi connectivity index (χ1n) is 6.20. The van der Waals surface area contributed by atoms with Crippen molar-refractivity contribution in [2.45, 2.75) is 13.0 Å². The molecule has 3 aromatic rings. The molecule has 0 fully saturated rings. The van der Waals surface area contributed by atoms with Crippen LogP contribution < -0.4 is 5.32 Å². The van der Waals surface area contributed by atoms with Crippen LogP contribution in [0.25, 0.3) is 10.2 Å². The Morgan fingerprint density at radius 3 is 2.75 bits per heavy atom. The molecule has 1 aromatic heterocycles. The summed E-state index contributed by atoms with van der Waals surface area (Å²) in [6, 6.07) is 14.5. The molecular formula is C15H12Br2N2S. The molecular weight excluding hydrogens is 400 g/mol. The van der Waals surface area contributed by atoms with Crippen LogP contribution in [0.5, 0.6) is 0 Å². The van der Waals surface area contributed by atoms with Crippen LogP contribution in [0.15, 0.2) is 51.4 Å². The van der Waals surface area contributed by atoms with Gasteiger partial charge in [0.05, 0.1) is 21.9 Å². The monoisotopic (exact) mass is 410 g/mol. The third kappa shape index (κ3) is 2.90. The normalized spacial score (nSPS) is 12.6. The molecule has 2 aromatic carbocycles. The predicted molar refractivity (Wildman–Crippen MR) is 93.5 cm³/mol. The Balaban J connectivity index is 1.88. The highest BCUT2D eigenvalue weighted by Crippen LogP contribution is 2.32. The number of hydrogen-bond donors (Lipinski definition) is 1. The quantitative estimate of drug-likeness (QED) is 0.572. The molecule has 1 heterocycles. The number of rotatable bonds is 3. The molecule has 1 atom stereocenters. The molecule has 5 heteroatoms. The van der Waals surface area contributed by atoms with E-state index in [2.05, 4.69) is 67.3 Å². The van der Waals surface area contributed by atoms with E-state index in [0.717, 1.165) is 25.2 Å². The van der Waals surface area contributed by atoms with E-state index < -0.39 is 0 Å². The van der Waals surface area contributed by atoms with E-state index in [0.29, 0.717) is 0 Å². The number of nitrogens with zero attached hydrogens (tertiary/aromatic N) is 1. The van der Waals surface area contributed by atoms with Gasteiger partial charge >= 0.3 is 0 Å². The highest BCUT2D eigenvalue weighted by atomic mass is 79.9. The SMILES string of the molecule is CC(Nc1cc(Br)ccc1Br)c1nc2ccccc2s1. The molecule has 0 amide bonds. The van der Waals surface area contributed by atoms with Crippen LogP contribution in [0.3, 0.4) is 0 Å². The summed E-state index contributed by atoms with van der Waals surface area (Å²) >= 11 is 8.80. The van der Waals surface area contributed by atoms with Gasteiger partial charge in [0.1, 0.15) is 5.01 Å². The number of para-hydroxylation sites is 1. The summed E-state index contributed by atoms with van der Waals surface area (Å²) in [5, 5.41) is 4.59. The number of halogens is 2. The molecule has 1 N–H and O–H groups in total. The smallest absolute Gasteiger partial charge is 0.116 e. The maximum Gasteiger partial charge on any atom is 0.116 e. The number of nitrogens with one attached hydrogen (secondary N) is 1. The zero-order valence-electron chi connectivity index (χ0n) is 10.7. The zero-order valence-corrected chi connectivity index (χ0v) is 14.7. The lowest BCUT2D eigenvalue weighted by atomic mass is 10.2. The standard InChI is InChI=1S/C15H12Br2N2S/c1-9(18-13-8-10(16)6-7-11(13)17)15-19-12-4-2-3-5-14(12)20-15/h2-9,18H,1H3. The van der Waals surface area contributed by atoms with E-state index in [1.165, 1.54) is 4.70 Å². The third-order valence-electron chi connectivity index (χ3n) is 2.98. The number of fused-ring (bicyclic) bond motifs is 1. The van der Waals surface area contributed by atoms with E-state index >= 15 is 0 Å². The number of anilines is 1. The van der Waals surface area contributed by atoms with Crippen LogP contribution in [0.1, 0.15) is 18.0 Å². The van der Waals surface area contributed by atoms with Crippen molar-refractivity contribution in [2.75, 3.05) is 5.32 Å². The number of aromatic nitrogens is 1. The molecule has 102 valence electrons. The Kier molecular flexibility index (Phi) is 4.10. The lowest BCUT2D eigenvalue weighted by molar-refractivity contribution is 0.873. The molecule has 3 rings (SSSR count). The minimum absolute atomic E-state index is 0.165. The van der Waals surface area contributed by atoms with Gasteiger partial charge in [-0.1, -0.05) is 28.1 Å². The van der Waals surface area contributed by atoms with Crippen LogP contribution in [-0.4, -0.2) is 4.98 Å². The first-order valence-corrected chi connectivity index (χ1v) is 8.61. The van der Waals surface area contributed by atoms with Crippen molar-refractivity contribution in [3.05, 3.63) is 56.4 Å².